The van der Waals surface area contributed by atoms with E-state index in [0.717, 1.165) is 6.42 Å². The number of ether oxygens (including phenoxy) is 1. The summed E-state index contributed by atoms with van der Waals surface area (Å²) in [6.07, 6.45) is -0.140. The maximum atomic E-state index is 11.7. The van der Waals surface area contributed by atoms with Crippen LogP contribution in [0.2, 0.25) is 0 Å². The summed E-state index contributed by atoms with van der Waals surface area (Å²) < 4.78 is 5.04. The number of carbonyl (C=O) groups is 3. The number of hydrogen-bond donors (Lipinski definition) is 2. The van der Waals surface area contributed by atoms with Crippen molar-refractivity contribution in [2.75, 3.05) is 0 Å². The Balaban J connectivity index is 1.76. The molecule has 1 aromatic rings. The van der Waals surface area contributed by atoms with Crippen LogP contribution in [0.4, 0.5) is 0 Å². The van der Waals surface area contributed by atoms with Crippen LogP contribution in [0.1, 0.15) is 30.6 Å². The van der Waals surface area contributed by atoms with Crippen molar-refractivity contribution in [1.29, 1.82) is 0 Å². The predicted octanol–water partition coefficient (Wildman–Crippen LogP) is 1.04. The second-order valence-electron chi connectivity index (χ2n) is 5.21. The zero-order valence-electron chi connectivity index (χ0n) is 12.0. The molecule has 0 aromatic heterocycles. The molecule has 1 aliphatic carbocycles. The molecule has 0 unspecified atom stereocenters. The predicted molar refractivity (Wildman–Crippen MR) is 74.9 cm³/mol. The molecule has 0 bridgehead atoms. The third-order valence-corrected chi connectivity index (χ3v) is 3.41. The molecule has 2 rings (SSSR count). The fourth-order valence-corrected chi connectivity index (χ4v) is 1.85. The van der Waals surface area contributed by atoms with Crippen LogP contribution in [0.15, 0.2) is 30.3 Å². The first-order valence-electron chi connectivity index (χ1n) is 6.84. The van der Waals surface area contributed by atoms with Gasteiger partial charge in [-0.05, 0) is 31.4 Å². The summed E-state index contributed by atoms with van der Waals surface area (Å²) in [6.45, 7) is 3.42. The summed E-state index contributed by atoms with van der Waals surface area (Å²) in [5, 5.41) is 0. The SMILES string of the molecule is C[C@H](OC(=O)[C@@H]1C[C@@H]1C)C(=O)NNC(=O)c1ccccc1. The Morgan fingerprint density at radius 3 is 2.38 bits per heavy atom. The zero-order valence-corrected chi connectivity index (χ0v) is 12.0. The Labute approximate surface area is 122 Å². The van der Waals surface area contributed by atoms with Gasteiger partial charge in [0.25, 0.3) is 11.8 Å². The van der Waals surface area contributed by atoms with Gasteiger partial charge in [-0.1, -0.05) is 25.1 Å². The first kappa shape index (κ1) is 15.0. The summed E-state index contributed by atoms with van der Waals surface area (Å²) >= 11 is 0. The first-order chi connectivity index (χ1) is 9.99. The molecule has 2 amide bonds. The van der Waals surface area contributed by atoms with Crippen molar-refractivity contribution in [2.45, 2.75) is 26.4 Å². The van der Waals surface area contributed by atoms with Crippen molar-refractivity contribution < 1.29 is 19.1 Å². The average molecular weight is 290 g/mol. The fraction of sp³-hybridized carbons (Fsp3) is 0.400. The van der Waals surface area contributed by atoms with Crippen molar-refractivity contribution in [1.82, 2.24) is 10.9 Å². The molecule has 6 nitrogen and oxygen atoms in total. The van der Waals surface area contributed by atoms with Crippen molar-refractivity contribution in [3.8, 4) is 0 Å². The van der Waals surface area contributed by atoms with Gasteiger partial charge in [-0.3, -0.25) is 25.2 Å². The molecule has 0 radical (unpaired) electrons. The van der Waals surface area contributed by atoms with E-state index in [1.54, 1.807) is 30.3 Å². The lowest BCUT2D eigenvalue weighted by molar-refractivity contribution is -0.156. The second-order valence-corrected chi connectivity index (χ2v) is 5.21. The van der Waals surface area contributed by atoms with Gasteiger partial charge in [-0.2, -0.15) is 0 Å². The normalized spacial score (nSPS) is 21.0. The molecule has 21 heavy (non-hydrogen) atoms. The molecule has 3 atom stereocenters. The van der Waals surface area contributed by atoms with Gasteiger partial charge in [0.1, 0.15) is 0 Å². The first-order valence-corrected chi connectivity index (χ1v) is 6.84. The van der Waals surface area contributed by atoms with Crippen LogP contribution in [-0.4, -0.2) is 23.9 Å². The van der Waals surface area contributed by atoms with Crippen molar-refractivity contribution in [3.63, 3.8) is 0 Å². The summed E-state index contributed by atoms with van der Waals surface area (Å²) in [6, 6.07) is 8.48. The lowest BCUT2D eigenvalue weighted by Crippen LogP contribution is -2.46. The maximum absolute atomic E-state index is 11.7. The van der Waals surface area contributed by atoms with Gasteiger partial charge in [0.05, 0.1) is 5.92 Å². The van der Waals surface area contributed by atoms with Crippen LogP contribution in [0.5, 0.6) is 0 Å². The maximum Gasteiger partial charge on any atom is 0.309 e. The highest BCUT2D eigenvalue weighted by molar-refractivity contribution is 5.95. The van der Waals surface area contributed by atoms with Crippen molar-refractivity contribution >= 4 is 17.8 Å². The molecule has 1 aromatic carbocycles. The summed E-state index contributed by atoms with van der Waals surface area (Å²) in [5.41, 5.74) is 4.94. The number of benzene rings is 1. The van der Waals surface area contributed by atoms with Gasteiger partial charge in [0.2, 0.25) is 0 Å². The summed E-state index contributed by atoms with van der Waals surface area (Å²) in [7, 11) is 0. The molecule has 2 N–H and O–H groups in total. The van der Waals surface area contributed by atoms with E-state index in [2.05, 4.69) is 10.9 Å². The number of rotatable bonds is 4. The third-order valence-electron chi connectivity index (χ3n) is 3.41. The topological polar surface area (TPSA) is 84.5 Å². The van der Waals surface area contributed by atoms with Gasteiger partial charge in [-0.15, -0.1) is 0 Å². The molecular weight excluding hydrogens is 272 g/mol. The molecule has 1 fully saturated rings. The fourth-order valence-electron chi connectivity index (χ4n) is 1.85. The highest BCUT2D eigenvalue weighted by Crippen LogP contribution is 2.38. The Bertz CT molecular complexity index is 544. The van der Waals surface area contributed by atoms with Crippen molar-refractivity contribution in [3.05, 3.63) is 35.9 Å². The summed E-state index contributed by atoms with van der Waals surface area (Å²) in [4.78, 5) is 35.1. The Morgan fingerprint density at radius 2 is 1.81 bits per heavy atom. The lowest BCUT2D eigenvalue weighted by Gasteiger charge is -2.14. The zero-order chi connectivity index (χ0) is 15.4. The van der Waals surface area contributed by atoms with Crippen LogP contribution in [0.25, 0.3) is 0 Å². The molecule has 1 saturated carbocycles. The van der Waals surface area contributed by atoms with Gasteiger partial charge in [-0.25, -0.2) is 0 Å². The van der Waals surface area contributed by atoms with E-state index in [-0.39, 0.29) is 11.9 Å². The van der Waals surface area contributed by atoms with Crippen LogP contribution in [-0.2, 0) is 14.3 Å². The quantitative estimate of drug-likeness (QED) is 0.641. The molecule has 112 valence electrons. The average Bonchev–Trinajstić information content (AvgIpc) is 3.22. The van der Waals surface area contributed by atoms with Gasteiger partial charge < -0.3 is 4.74 Å². The van der Waals surface area contributed by atoms with E-state index in [4.69, 9.17) is 4.74 Å². The van der Waals surface area contributed by atoms with E-state index in [0.29, 0.717) is 11.5 Å². The number of hydrogen-bond acceptors (Lipinski definition) is 4. The van der Waals surface area contributed by atoms with E-state index in [1.165, 1.54) is 6.92 Å². The number of hydrazine groups is 1. The minimum absolute atomic E-state index is 0.0980. The number of carbonyl (C=O) groups excluding carboxylic acids is 3. The summed E-state index contributed by atoms with van der Waals surface area (Å²) in [5.74, 6) is -1.14. The number of esters is 1. The Hall–Kier alpha value is -2.37. The molecule has 0 heterocycles. The molecule has 6 heteroatoms. The molecule has 0 spiro atoms. The van der Waals surface area contributed by atoms with E-state index < -0.39 is 17.9 Å². The van der Waals surface area contributed by atoms with Gasteiger partial charge >= 0.3 is 5.97 Å². The van der Waals surface area contributed by atoms with Crippen LogP contribution in [0.3, 0.4) is 0 Å². The standard InChI is InChI=1S/C15H18N2O4/c1-9-8-12(9)15(20)21-10(2)13(18)16-17-14(19)11-6-4-3-5-7-11/h3-7,9-10,12H,8H2,1-2H3,(H,16,18)(H,17,19)/t9-,10-,12+/m0/s1. The van der Waals surface area contributed by atoms with Crippen LogP contribution >= 0.6 is 0 Å². The minimum atomic E-state index is -0.943. The highest BCUT2D eigenvalue weighted by Gasteiger charge is 2.41. The van der Waals surface area contributed by atoms with Crippen LogP contribution in [0, 0.1) is 11.8 Å². The molecule has 0 aliphatic heterocycles. The smallest absolute Gasteiger partial charge is 0.309 e. The highest BCUT2D eigenvalue weighted by atomic mass is 16.5. The second kappa shape index (κ2) is 6.39. The molecule has 1 aliphatic rings. The van der Waals surface area contributed by atoms with E-state index in [9.17, 15) is 14.4 Å². The number of nitrogens with one attached hydrogen (secondary N) is 2. The third kappa shape index (κ3) is 4.05. The Kier molecular flexibility index (Phi) is 4.57. The molecule has 0 saturated heterocycles. The van der Waals surface area contributed by atoms with Crippen molar-refractivity contribution in [2.24, 2.45) is 11.8 Å². The lowest BCUT2D eigenvalue weighted by atomic mass is 10.2. The van der Waals surface area contributed by atoms with Crippen LogP contribution < -0.4 is 10.9 Å². The van der Waals surface area contributed by atoms with Gasteiger partial charge in [0.15, 0.2) is 6.10 Å². The number of amides is 2. The minimum Gasteiger partial charge on any atom is -0.452 e. The largest absolute Gasteiger partial charge is 0.452 e. The van der Waals surface area contributed by atoms with E-state index in [1.807, 2.05) is 6.92 Å². The monoisotopic (exact) mass is 290 g/mol. The van der Waals surface area contributed by atoms with E-state index >= 15 is 0 Å². The Morgan fingerprint density at radius 1 is 1.19 bits per heavy atom. The van der Waals surface area contributed by atoms with Gasteiger partial charge in [0, 0.05) is 5.56 Å². The molecular formula is C15H18N2O4.